The standard InChI is InChI=1S/C16H24N4O2.ClH/c1-11(2)18-16(22)19-14-7-5-4-6-13(14)15(21)20-9-8-17-12(3)10-20;/h4-7,11-12,17H,8-10H2,1-3H3,(H2,18,19,22);1H. The Labute approximate surface area is 143 Å². The summed E-state index contributed by atoms with van der Waals surface area (Å²) >= 11 is 0. The van der Waals surface area contributed by atoms with Crippen molar-refractivity contribution in [1.29, 1.82) is 0 Å². The molecule has 1 heterocycles. The van der Waals surface area contributed by atoms with Gasteiger partial charge in [-0.2, -0.15) is 0 Å². The predicted molar refractivity (Wildman–Crippen MR) is 94.3 cm³/mol. The van der Waals surface area contributed by atoms with Crippen molar-refractivity contribution in [2.24, 2.45) is 0 Å². The second kappa shape index (κ2) is 8.74. The van der Waals surface area contributed by atoms with Crippen molar-refractivity contribution in [1.82, 2.24) is 15.5 Å². The van der Waals surface area contributed by atoms with Crippen molar-refractivity contribution in [2.75, 3.05) is 25.0 Å². The van der Waals surface area contributed by atoms with Gasteiger partial charge in [0.2, 0.25) is 0 Å². The Bertz CT molecular complexity index is 551. The molecule has 6 nitrogen and oxygen atoms in total. The maximum Gasteiger partial charge on any atom is 0.319 e. The number of nitrogens with zero attached hydrogens (tertiary/aromatic N) is 1. The first kappa shape index (κ1) is 19.3. The van der Waals surface area contributed by atoms with Gasteiger partial charge < -0.3 is 20.9 Å². The lowest BCUT2D eigenvalue weighted by Crippen LogP contribution is -2.51. The van der Waals surface area contributed by atoms with E-state index in [1.165, 1.54) is 0 Å². The number of rotatable bonds is 3. The zero-order valence-corrected chi connectivity index (χ0v) is 14.6. The lowest BCUT2D eigenvalue weighted by atomic mass is 10.1. The van der Waals surface area contributed by atoms with Crippen LogP contribution in [-0.4, -0.2) is 48.6 Å². The molecule has 1 aromatic carbocycles. The molecule has 3 N–H and O–H groups in total. The number of urea groups is 1. The lowest BCUT2D eigenvalue weighted by Gasteiger charge is -2.32. The summed E-state index contributed by atoms with van der Waals surface area (Å²) in [4.78, 5) is 26.4. The van der Waals surface area contributed by atoms with Crippen LogP contribution in [0, 0.1) is 0 Å². The van der Waals surface area contributed by atoms with Crippen LogP contribution in [0.1, 0.15) is 31.1 Å². The number of piperazine rings is 1. The van der Waals surface area contributed by atoms with Gasteiger partial charge in [-0.25, -0.2) is 4.79 Å². The maximum absolute atomic E-state index is 12.7. The van der Waals surface area contributed by atoms with E-state index in [1.54, 1.807) is 12.1 Å². The Kier molecular flexibility index (Phi) is 7.32. The number of hydrogen-bond donors (Lipinski definition) is 3. The molecule has 0 bridgehead atoms. The normalized spacial score (nSPS) is 17.4. The molecule has 1 unspecified atom stereocenters. The van der Waals surface area contributed by atoms with Crippen LogP contribution in [0.3, 0.4) is 0 Å². The summed E-state index contributed by atoms with van der Waals surface area (Å²) < 4.78 is 0. The zero-order chi connectivity index (χ0) is 16.1. The third-order valence-corrected chi connectivity index (χ3v) is 3.48. The minimum Gasteiger partial charge on any atom is -0.336 e. The van der Waals surface area contributed by atoms with E-state index in [2.05, 4.69) is 22.9 Å². The summed E-state index contributed by atoms with van der Waals surface area (Å²) in [6.45, 7) is 7.97. The van der Waals surface area contributed by atoms with Crippen molar-refractivity contribution in [2.45, 2.75) is 32.9 Å². The highest BCUT2D eigenvalue weighted by Crippen LogP contribution is 2.18. The Morgan fingerprint density at radius 2 is 2.00 bits per heavy atom. The summed E-state index contributed by atoms with van der Waals surface area (Å²) in [5, 5.41) is 8.83. The van der Waals surface area contributed by atoms with E-state index in [4.69, 9.17) is 0 Å². The molecule has 1 fully saturated rings. The smallest absolute Gasteiger partial charge is 0.319 e. The molecule has 1 aromatic rings. The molecule has 1 atom stereocenters. The number of amides is 3. The van der Waals surface area contributed by atoms with Crippen LogP contribution in [-0.2, 0) is 0 Å². The van der Waals surface area contributed by atoms with Gasteiger partial charge in [-0.1, -0.05) is 12.1 Å². The number of carbonyl (C=O) groups is 2. The lowest BCUT2D eigenvalue weighted by molar-refractivity contribution is 0.0710. The van der Waals surface area contributed by atoms with E-state index >= 15 is 0 Å². The van der Waals surface area contributed by atoms with Gasteiger partial charge in [-0.3, -0.25) is 4.79 Å². The van der Waals surface area contributed by atoms with Gasteiger partial charge in [0.25, 0.3) is 5.91 Å². The summed E-state index contributed by atoms with van der Waals surface area (Å²) in [6.07, 6.45) is 0. The average molecular weight is 341 g/mol. The van der Waals surface area contributed by atoms with Gasteiger partial charge >= 0.3 is 6.03 Å². The van der Waals surface area contributed by atoms with Crippen LogP contribution in [0.2, 0.25) is 0 Å². The van der Waals surface area contributed by atoms with Crippen LogP contribution in [0.4, 0.5) is 10.5 Å². The molecular formula is C16H25ClN4O2. The van der Waals surface area contributed by atoms with Gasteiger partial charge in [0, 0.05) is 31.7 Å². The average Bonchev–Trinajstić information content (AvgIpc) is 2.46. The van der Waals surface area contributed by atoms with Crippen molar-refractivity contribution in [3.63, 3.8) is 0 Å². The largest absolute Gasteiger partial charge is 0.336 e. The third kappa shape index (κ3) is 5.41. The first-order chi connectivity index (χ1) is 10.5. The van der Waals surface area contributed by atoms with Gasteiger partial charge in [0.15, 0.2) is 0 Å². The fraction of sp³-hybridized carbons (Fsp3) is 0.500. The first-order valence-electron chi connectivity index (χ1n) is 7.66. The second-order valence-corrected chi connectivity index (χ2v) is 5.91. The van der Waals surface area contributed by atoms with Gasteiger partial charge in [0.05, 0.1) is 11.3 Å². The molecule has 128 valence electrons. The second-order valence-electron chi connectivity index (χ2n) is 5.91. The number of nitrogens with one attached hydrogen (secondary N) is 3. The quantitative estimate of drug-likeness (QED) is 0.788. The van der Waals surface area contributed by atoms with E-state index in [0.29, 0.717) is 24.3 Å². The molecular weight excluding hydrogens is 316 g/mol. The molecule has 7 heteroatoms. The number of anilines is 1. The third-order valence-electron chi connectivity index (χ3n) is 3.48. The van der Waals surface area contributed by atoms with Gasteiger partial charge in [-0.05, 0) is 32.9 Å². The fourth-order valence-corrected chi connectivity index (χ4v) is 2.49. The number of benzene rings is 1. The van der Waals surface area contributed by atoms with Crippen LogP contribution < -0.4 is 16.0 Å². The Balaban J connectivity index is 0.00000264. The van der Waals surface area contributed by atoms with Crippen molar-refractivity contribution >= 4 is 30.0 Å². The van der Waals surface area contributed by atoms with Gasteiger partial charge in [0.1, 0.15) is 0 Å². The van der Waals surface area contributed by atoms with Crippen molar-refractivity contribution < 1.29 is 9.59 Å². The predicted octanol–water partition coefficient (Wildman–Crippen LogP) is 2.07. The zero-order valence-electron chi connectivity index (χ0n) is 13.8. The summed E-state index contributed by atoms with van der Waals surface area (Å²) in [6, 6.07) is 7.13. The van der Waals surface area contributed by atoms with Gasteiger partial charge in [-0.15, -0.1) is 12.4 Å². The van der Waals surface area contributed by atoms with Crippen LogP contribution in [0.15, 0.2) is 24.3 Å². The van der Waals surface area contributed by atoms with Crippen LogP contribution >= 0.6 is 12.4 Å². The molecule has 1 saturated heterocycles. The summed E-state index contributed by atoms with van der Waals surface area (Å²) in [5.41, 5.74) is 1.06. The molecule has 1 aliphatic heterocycles. The molecule has 3 amide bonds. The summed E-state index contributed by atoms with van der Waals surface area (Å²) in [5.74, 6) is -0.0474. The highest BCUT2D eigenvalue weighted by molar-refractivity contribution is 6.03. The molecule has 23 heavy (non-hydrogen) atoms. The van der Waals surface area contributed by atoms with Crippen molar-refractivity contribution in [3.05, 3.63) is 29.8 Å². The highest BCUT2D eigenvalue weighted by atomic mass is 35.5. The van der Waals surface area contributed by atoms with E-state index < -0.39 is 0 Å². The van der Waals surface area contributed by atoms with E-state index in [-0.39, 0.29) is 36.4 Å². The molecule has 0 spiro atoms. The molecule has 0 aromatic heterocycles. The SMILES string of the molecule is CC(C)NC(=O)Nc1ccccc1C(=O)N1CCNC(C)C1.Cl. The number of para-hydroxylation sites is 1. The fourth-order valence-electron chi connectivity index (χ4n) is 2.49. The first-order valence-corrected chi connectivity index (χ1v) is 7.66. The van der Waals surface area contributed by atoms with Crippen LogP contribution in [0.25, 0.3) is 0 Å². The van der Waals surface area contributed by atoms with E-state index in [0.717, 1.165) is 6.54 Å². The topological polar surface area (TPSA) is 73.5 Å². The highest BCUT2D eigenvalue weighted by Gasteiger charge is 2.23. The number of carbonyl (C=O) groups excluding carboxylic acids is 2. The minimum atomic E-state index is -0.302. The molecule has 0 aliphatic carbocycles. The maximum atomic E-state index is 12.7. The number of hydrogen-bond acceptors (Lipinski definition) is 3. The Hall–Kier alpha value is -1.79. The monoisotopic (exact) mass is 340 g/mol. The summed E-state index contributed by atoms with van der Waals surface area (Å²) in [7, 11) is 0. The van der Waals surface area contributed by atoms with E-state index in [1.807, 2.05) is 30.9 Å². The van der Waals surface area contributed by atoms with Crippen LogP contribution in [0.5, 0.6) is 0 Å². The molecule has 1 aliphatic rings. The molecule has 2 rings (SSSR count). The molecule has 0 radical (unpaired) electrons. The Morgan fingerprint density at radius 3 is 2.65 bits per heavy atom. The van der Waals surface area contributed by atoms with E-state index in [9.17, 15) is 9.59 Å². The minimum absolute atomic E-state index is 0. The number of halogens is 1. The Morgan fingerprint density at radius 1 is 1.30 bits per heavy atom. The van der Waals surface area contributed by atoms with Crippen molar-refractivity contribution in [3.8, 4) is 0 Å². The molecule has 0 saturated carbocycles.